The van der Waals surface area contributed by atoms with Crippen molar-refractivity contribution in [3.63, 3.8) is 0 Å². The zero-order valence-corrected chi connectivity index (χ0v) is 15.0. The fourth-order valence-electron chi connectivity index (χ4n) is 2.44. The van der Waals surface area contributed by atoms with E-state index in [9.17, 15) is 4.79 Å². The molecule has 27 heavy (non-hydrogen) atoms. The lowest BCUT2D eigenvalue weighted by Crippen LogP contribution is -2.20. The Balaban J connectivity index is 1.33. The minimum atomic E-state index is -0.270. The second-order valence-electron chi connectivity index (χ2n) is 5.59. The summed E-state index contributed by atoms with van der Waals surface area (Å²) in [6.07, 6.45) is 1.43. The minimum Gasteiger partial charge on any atom is -0.467 e. The smallest absolute Gasteiger partial charge is 0.262 e. The summed E-state index contributed by atoms with van der Waals surface area (Å²) in [5.41, 5.74) is 0.660. The molecule has 1 amide bonds. The molecule has 0 saturated heterocycles. The number of benzene rings is 2. The molecule has 2 aromatic carbocycles. The van der Waals surface area contributed by atoms with Gasteiger partial charge in [-0.2, -0.15) is 0 Å². The molecule has 0 bridgehead atoms. The van der Waals surface area contributed by atoms with Crippen molar-refractivity contribution in [1.29, 1.82) is 0 Å². The standard InChI is InChI=1S/C20H15N3O3S/c24-18(12-25-19-17-10-11-27-20(17)22-13-21-19)23-14-6-8-16(9-7-14)26-15-4-2-1-3-5-15/h1-11,13H,12H2,(H,23,24). The predicted octanol–water partition coefficient (Wildman–Crippen LogP) is 4.50. The van der Waals surface area contributed by atoms with Crippen molar-refractivity contribution >= 4 is 33.1 Å². The van der Waals surface area contributed by atoms with Gasteiger partial charge in [0.2, 0.25) is 5.88 Å². The number of para-hydroxylation sites is 1. The van der Waals surface area contributed by atoms with Gasteiger partial charge in [0.1, 0.15) is 22.7 Å². The van der Waals surface area contributed by atoms with Crippen LogP contribution >= 0.6 is 11.3 Å². The molecule has 0 aliphatic carbocycles. The Morgan fingerprint density at radius 2 is 1.74 bits per heavy atom. The van der Waals surface area contributed by atoms with Crippen molar-refractivity contribution in [3.8, 4) is 17.4 Å². The molecule has 0 aliphatic rings. The summed E-state index contributed by atoms with van der Waals surface area (Å²) in [5, 5.41) is 5.50. The summed E-state index contributed by atoms with van der Waals surface area (Å²) < 4.78 is 11.3. The van der Waals surface area contributed by atoms with Gasteiger partial charge in [-0.05, 0) is 47.8 Å². The summed E-state index contributed by atoms with van der Waals surface area (Å²) in [5.74, 6) is 1.58. The largest absolute Gasteiger partial charge is 0.467 e. The lowest BCUT2D eigenvalue weighted by molar-refractivity contribution is -0.118. The monoisotopic (exact) mass is 377 g/mol. The molecule has 4 aromatic rings. The second kappa shape index (κ2) is 7.84. The Morgan fingerprint density at radius 1 is 0.963 bits per heavy atom. The lowest BCUT2D eigenvalue weighted by Gasteiger charge is -2.09. The zero-order valence-electron chi connectivity index (χ0n) is 14.2. The van der Waals surface area contributed by atoms with Gasteiger partial charge in [-0.15, -0.1) is 11.3 Å². The number of hydrogen-bond donors (Lipinski definition) is 1. The molecule has 0 radical (unpaired) electrons. The van der Waals surface area contributed by atoms with Gasteiger partial charge in [0.25, 0.3) is 5.91 Å². The molecule has 134 valence electrons. The van der Waals surface area contributed by atoms with Gasteiger partial charge in [0.15, 0.2) is 6.61 Å². The zero-order chi connectivity index (χ0) is 18.5. The number of fused-ring (bicyclic) bond motifs is 1. The first kappa shape index (κ1) is 17.0. The normalized spacial score (nSPS) is 10.5. The molecule has 0 fully saturated rings. The van der Waals surface area contributed by atoms with Crippen LogP contribution in [0.4, 0.5) is 5.69 Å². The fourth-order valence-corrected chi connectivity index (χ4v) is 3.17. The number of thiophene rings is 1. The molecule has 6 nitrogen and oxygen atoms in total. The number of aromatic nitrogens is 2. The van der Waals surface area contributed by atoms with Crippen LogP contribution in [0.2, 0.25) is 0 Å². The number of rotatable bonds is 6. The van der Waals surface area contributed by atoms with E-state index in [1.807, 2.05) is 41.8 Å². The van der Waals surface area contributed by atoms with Crippen LogP contribution in [0.1, 0.15) is 0 Å². The predicted molar refractivity (Wildman–Crippen MR) is 104 cm³/mol. The average Bonchev–Trinajstić information content (AvgIpc) is 3.18. The van der Waals surface area contributed by atoms with E-state index in [-0.39, 0.29) is 12.5 Å². The summed E-state index contributed by atoms with van der Waals surface area (Å²) in [7, 11) is 0. The van der Waals surface area contributed by atoms with E-state index in [0.717, 1.165) is 16.0 Å². The van der Waals surface area contributed by atoms with Gasteiger partial charge in [-0.3, -0.25) is 4.79 Å². The van der Waals surface area contributed by atoms with Crippen molar-refractivity contribution in [1.82, 2.24) is 9.97 Å². The number of anilines is 1. The summed E-state index contributed by atoms with van der Waals surface area (Å²) >= 11 is 1.50. The maximum atomic E-state index is 12.1. The number of nitrogens with zero attached hydrogens (tertiary/aromatic N) is 2. The van der Waals surface area contributed by atoms with Gasteiger partial charge < -0.3 is 14.8 Å². The number of ether oxygens (including phenoxy) is 2. The van der Waals surface area contributed by atoms with Gasteiger partial charge in [0, 0.05) is 5.69 Å². The van der Waals surface area contributed by atoms with E-state index in [1.54, 1.807) is 24.3 Å². The van der Waals surface area contributed by atoms with E-state index < -0.39 is 0 Å². The molecular formula is C20H15N3O3S. The quantitative estimate of drug-likeness (QED) is 0.535. The molecule has 4 rings (SSSR count). The summed E-state index contributed by atoms with van der Waals surface area (Å²) in [6.45, 7) is -0.135. The van der Waals surface area contributed by atoms with E-state index in [2.05, 4.69) is 15.3 Å². The Labute approximate surface area is 159 Å². The van der Waals surface area contributed by atoms with Gasteiger partial charge >= 0.3 is 0 Å². The lowest BCUT2D eigenvalue weighted by atomic mass is 10.3. The molecule has 0 atom stereocenters. The van der Waals surface area contributed by atoms with Crippen molar-refractivity contribution in [3.05, 3.63) is 72.4 Å². The van der Waals surface area contributed by atoms with Crippen molar-refractivity contribution in [2.75, 3.05) is 11.9 Å². The van der Waals surface area contributed by atoms with Crippen LogP contribution in [0, 0.1) is 0 Å². The van der Waals surface area contributed by atoms with Crippen LogP contribution in [0.25, 0.3) is 10.2 Å². The highest BCUT2D eigenvalue weighted by Gasteiger charge is 2.09. The van der Waals surface area contributed by atoms with E-state index >= 15 is 0 Å². The number of hydrogen-bond acceptors (Lipinski definition) is 6. The second-order valence-corrected chi connectivity index (χ2v) is 6.49. The highest BCUT2D eigenvalue weighted by Crippen LogP contribution is 2.25. The van der Waals surface area contributed by atoms with Crippen molar-refractivity contribution < 1.29 is 14.3 Å². The van der Waals surface area contributed by atoms with Crippen LogP contribution < -0.4 is 14.8 Å². The summed E-state index contributed by atoms with van der Waals surface area (Å²) in [4.78, 5) is 21.2. The highest BCUT2D eigenvalue weighted by atomic mass is 32.1. The first-order chi connectivity index (χ1) is 13.3. The number of carbonyl (C=O) groups excluding carboxylic acids is 1. The molecular weight excluding hydrogens is 362 g/mol. The number of amides is 1. The van der Waals surface area contributed by atoms with Crippen LogP contribution in [-0.4, -0.2) is 22.5 Å². The van der Waals surface area contributed by atoms with E-state index in [4.69, 9.17) is 9.47 Å². The van der Waals surface area contributed by atoms with Crippen LogP contribution in [0.5, 0.6) is 17.4 Å². The molecule has 0 aliphatic heterocycles. The highest BCUT2D eigenvalue weighted by molar-refractivity contribution is 7.16. The molecule has 2 aromatic heterocycles. The van der Waals surface area contributed by atoms with Gasteiger partial charge in [0.05, 0.1) is 5.39 Å². The molecule has 0 saturated carbocycles. The van der Waals surface area contributed by atoms with Crippen molar-refractivity contribution in [2.45, 2.75) is 0 Å². The van der Waals surface area contributed by atoms with Gasteiger partial charge in [-0.1, -0.05) is 18.2 Å². The van der Waals surface area contributed by atoms with E-state index in [0.29, 0.717) is 17.3 Å². The third-order valence-electron chi connectivity index (χ3n) is 3.68. The third-order valence-corrected chi connectivity index (χ3v) is 4.50. The molecule has 1 N–H and O–H groups in total. The first-order valence-corrected chi connectivity index (χ1v) is 9.10. The van der Waals surface area contributed by atoms with Crippen LogP contribution in [0.3, 0.4) is 0 Å². The molecule has 7 heteroatoms. The van der Waals surface area contributed by atoms with Gasteiger partial charge in [-0.25, -0.2) is 9.97 Å². The number of carbonyl (C=O) groups is 1. The minimum absolute atomic E-state index is 0.135. The maximum absolute atomic E-state index is 12.1. The molecule has 0 spiro atoms. The first-order valence-electron chi connectivity index (χ1n) is 8.22. The maximum Gasteiger partial charge on any atom is 0.262 e. The fraction of sp³-hybridized carbons (Fsp3) is 0.0500. The Hall–Kier alpha value is -3.45. The Morgan fingerprint density at radius 3 is 2.56 bits per heavy atom. The van der Waals surface area contributed by atoms with Crippen LogP contribution in [-0.2, 0) is 4.79 Å². The number of nitrogens with one attached hydrogen (secondary N) is 1. The SMILES string of the molecule is O=C(COc1ncnc2sccc12)Nc1ccc(Oc2ccccc2)cc1. The summed E-state index contributed by atoms with van der Waals surface area (Å²) in [6, 6.07) is 18.5. The average molecular weight is 377 g/mol. The van der Waals surface area contributed by atoms with Crippen LogP contribution in [0.15, 0.2) is 72.4 Å². The molecule has 0 unspecified atom stereocenters. The van der Waals surface area contributed by atoms with Crippen molar-refractivity contribution in [2.24, 2.45) is 0 Å². The third kappa shape index (κ3) is 4.21. The Kier molecular flexibility index (Phi) is 4.93. The van der Waals surface area contributed by atoms with E-state index in [1.165, 1.54) is 17.7 Å². The Bertz CT molecular complexity index is 1050. The molecule has 2 heterocycles. The topological polar surface area (TPSA) is 73.3 Å².